The second-order valence-corrected chi connectivity index (χ2v) is 14.8. The van der Waals surface area contributed by atoms with Gasteiger partial charge in [0.15, 0.2) is 28.9 Å². The van der Waals surface area contributed by atoms with Crippen LogP contribution in [0.15, 0.2) is 36.7 Å². The summed E-state index contributed by atoms with van der Waals surface area (Å²) in [6.45, 7) is 2.71. The SMILES string of the molecule is COC(=O)[C@@H](C)NP(=S)(CCCCc1ccccc1)OC[C@H]1O[C@@H](n2cnc3c(N(C)C)nc(N)nc32)[C@](C)(F)[C@@H]1O. The number of aliphatic hydroxyl groups excluding tert-OH is 1. The number of esters is 1. The first kappa shape index (κ1) is 32.2. The minimum absolute atomic E-state index is 0.00862. The number of aliphatic hydroxyl groups is 1. The van der Waals surface area contributed by atoms with Crippen molar-refractivity contribution in [1.29, 1.82) is 0 Å². The van der Waals surface area contributed by atoms with Crippen molar-refractivity contribution in [3.63, 3.8) is 0 Å². The number of carbonyl (C=O) groups excluding carboxylic acids is 1. The molecule has 0 saturated carbocycles. The standard InChI is InChI=1S/C27H39FN7O5PS/c1-17(24(37)38-5)33-41(42,14-10-9-13-18-11-7-6-8-12-18)39-15-19-21(36)27(2,28)25(40-19)35-16-30-20-22(34(3)4)31-26(29)32-23(20)35/h6-8,11-12,16-17,19,21,25,36H,9-10,13-15H2,1-5H3,(H,33,42)(H2,29,31,32)/t17-,19-,21-,25-,27-,41?/m1/s1. The van der Waals surface area contributed by atoms with E-state index in [0.29, 0.717) is 17.5 Å². The van der Waals surface area contributed by atoms with Gasteiger partial charge in [0.2, 0.25) is 5.95 Å². The van der Waals surface area contributed by atoms with Crippen molar-refractivity contribution in [3.8, 4) is 0 Å². The van der Waals surface area contributed by atoms with Gasteiger partial charge >= 0.3 is 5.97 Å². The highest BCUT2D eigenvalue weighted by Crippen LogP contribution is 2.48. The summed E-state index contributed by atoms with van der Waals surface area (Å²) in [5.41, 5.74) is 5.59. The first-order chi connectivity index (χ1) is 19.9. The molecular formula is C27H39FN7O5PS. The van der Waals surface area contributed by atoms with E-state index in [1.54, 1.807) is 25.9 Å². The van der Waals surface area contributed by atoms with E-state index >= 15 is 4.39 Å². The van der Waals surface area contributed by atoms with Gasteiger partial charge in [0, 0.05) is 20.3 Å². The molecule has 230 valence electrons. The first-order valence-electron chi connectivity index (χ1n) is 13.7. The number of ether oxygens (including phenoxy) is 2. The smallest absolute Gasteiger partial charge is 0.322 e. The Labute approximate surface area is 249 Å². The Balaban J connectivity index is 1.49. The number of nitrogens with one attached hydrogen (secondary N) is 1. The van der Waals surface area contributed by atoms with Gasteiger partial charge < -0.3 is 29.7 Å². The molecule has 0 bridgehead atoms. The van der Waals surface area contributed by atoms with Crippen molar-refractivity contribution in [1.82, 2.24) is 24.6 Å². The number of aromatic nitrogens is 4. The number of unbranched alkanes of at least 4 members (excludes halogenated alkanes) is 1. The molecule has 0 amide bonds. The van der Waals surface area contributed by atoms with Crippen molar-refractivity contribution in [2.24, 2.45) is 0 Å². The molecule has 1 fully saturated rings. The lowest BCUT2D eigenvalue weighted by molar-refractivity contribution is -0.142. The third-order valence-electron chi connectivity index (χ3n) is 7.22. The number of rotatable bonds is 13. The number of aryl methyl sites for hydroxylation is 1. The Morgan fingerprint density at radius 2 is 2.05 bits per heavy atom. The van der Waals surface area contributed by atoms with Gasteiger partial charge in [0.1, 0.15) is 24.7 Å². The summed E-state index contributed by atoms with van der Waals surface area (Å²) < 4.78 is 34.6. The molecule has 15 heteroatoms. The van der Waals surface area contributed by atoms with Crippen molar-refractivity contribution in [3.05, 3.63) is 42.2 Å². The number of imidazole rings is 1. The predicted molar refractivity (Wildman–Crippen MR) is 163 cm³/mol. The van der Waals surface area contributed by atoms with E-state index in [1.807, 2.05) is 18.2 Å². The largest absolute Gasteiger partial charge is 0.468 e. The quantitative estimate of drug-likeness (QED) is 0.146. The summed E-state index contributed by atoms with van der Waals surface area (Å²) in [5, 5.41) is 14.1. The average Bonchev–Trinajstić information content (AvgIpc) is 3.46. The van der Waals surface area contributed by atoms with Crippen molar-refractivity contribution < 1.29 is 28.3 Å². The highest BCUT2D eigenvalue weighted by Gasteiger charge is 2.55. The summed E-state index contributed by atoms with van der Waals surface area (Å²) in [6, 6.07) is 9.39. The maximum absolute atomic E-state index is 16.1. The second kappa shape index (κ2) is 13.3. The molecule has 0 aliphatic carbocycles. The topological polar surface area (TPSA) is 150 Å². The Bertz CT molecular complexity index is 1430. The maximum atomic E-state index is 16.1. The Morgan fingerprint density at radius 1 is 1.33 bits per heavy atom. The van der Waals surface area contributed by atoms with Crippen LogP contribution in [0.5, 0.6) is 0 Å². The van der Waals surface area contributed by atoms with Crippen LogP contribution in [0.3, 0.4) is 0 Å². The molecule has 4 rings (SSSR count). The van der Waals surface area contributed by atoms with Crippen molar-refractivity contribution >= 4 is 47.1 Å². The number of fused-ring (bicyclic) bond motifs is 1. The highest BCUT2D eigenvalue weighted by atomic mass is 32.4. The molecule has 1 aliphatic rings. The number of alkyl halides is 1. The highest BCUT2D eigenvalue weighted by molar-refractivity contribution is 8.11. The Morgan fingerprint density at radius 3 is 2.71 bits per heavy atom. The molecule has 1 aromatic carbocycles. The fourth-order valence-corrected chi connectivity index (χ4v) is 8.03. The lowest BCUT2D eigenvalue weighted by atomic mass is 9.98. The number of nitrogen functional groups attached to an aromatic ring is 1. The summed E-state index contributed by atoms with van der Waals surface area (Å²) >= 11 is 5.92. The van der Waals surface area contributed by atoms with E-state index in [0.717, 1.165) is 19.3 Å². The second-order valence-electron chi connectivity index (χ2n) is 10.8. The molecule has 6 atom stereocenters. The molecule has 3 heterocycles. The molecule has 2 aromatic heterocycles. The number of benzene rings is 1. The molecule has 12 nitrogen and oxygen atoms in total. The Kier molecular flexibility index (Phi) is 10.2. The predicted octanol–water partition coefficient (Wildman–Crippen LogP) is 2.96. The molecule has 0 radical (unpaired) electrons. The van der Waals surface area contributed by atoms with Crippen LogP contribution in [0.2, 0.25) is 0 Å². The lowest BCUT2D eigenvalue weighted by Gasteiger charge is -2.28. The van der Waals surface area contributed by atoms with Crippen LogP contribution >= 0.6 is 6.42 Å². The molecule has 3 aromatic rings. The normalized spacial score (nSPS) is 24.4. The average molecular weight is 624 g/mol. The third-order valence-corrected chi connectivity index (χ3v) is 10.6. The summed E-state index contributed by atoms with van der Waals surface area (Å²) in [7, 11) is 4.86. The molecular weight excluding hydrogens is 584 g/mol. The van der Waals surface area contributed by atoms with Gasteiger partial charge in [-0.1, -0.05) is 42.1 Å². The number of methoxy groups -OCH3 is 1. The van der Waals surface area contributed by atoms with Gasteiger partial charge in [-0.25, -0.2) is 9.37 Å². The summed E-state index contributed by atoms with van der Waals surface area (Å²) in [6.07, 6.45) is -2.37. The van der Waals surface area contributed by atoms with E-state index in [2.05, 4.69) is 32.2 Å². The maximum Gasteiger partial charge on any atom is 0.322 e. The number of anilines is 2. The third kappa shape index (κ3) is 7.07. The molecule has 1 aliphatic heterocycles. The van der Waals surface area contributed by atoms with Crippen LogP contribution in [-0.4, -0.2) is 88.5 Å². The minimum atomic E-state index is -2.82. The van der Waals surface area contributed by atoms with Gasteiger partial charge in [-0.05, 0) is 38.7 Å². The zero-order valence-electron chi connectivity index (χ0n) is 24.4. The van der Waals surface area contributed by atoms with Gasteiger partial charge in [-0.2, -0.15) is 9.97 Å². The van der Waals surface area contributed by atoms with Gasteiger partial charge in [0.25, 0.3) is 0 Å². The molecule has 42 heavy (non-hydrogen) atoms. The van der Waals surface area contributed by atoms with Crippen LogP contribution in [0.1, 0.15) is 38.5 Å². The number of nitrogens with zero attached hydrogens (tertiary/aromatic N) is 5. The number of halogens is 1. The van der Waals surface area contributed by atoms with E-state index in [1.165, 1.54) is 30.5 Å². The van der Waals surface area contributed by atoms with Crippen LogP contribution in [0.4, 0.5) is 16.2 Å². The Hall–Kier alpha value is -2.74. The fraction of sp³-hybridized carbons (Fsp3) is 0.556. The van der Waals surface area contributed by atoms with E-state index < -0.39 is 42.5 Å². The van der Waals surface area contributed by atoms with E-state index in [9.17, 15) is 9.90 Å². The molecule has 1 saturated heterocycles. The first-order valence-corrected chi connectivity index (χ1v) is 16.6. The fourth-order valence-electron chi connectivity index (χ4n) is 4.93. The lowest BCUT2D eigenvalue weighted by Crippen LogP contribution is -2.41. The van der Waals surface area contributed by atoms with Crippen LogP contribution in [0, 0.1) is 0 Å². The van der Waals surface area contributed by atoms with E-state index in [-0.39, 0.29) is 18.2 Å². The van der Waals surface area contributed by atoms with Crippen LogP contribution < -0.4 is 15.7 Å². The van der Waals surface area contributed by atoms with Crippen LogP contribution in [-0.2, 0) is 37.0 Å². The summed E-state index contributed by atoms with van der Waals surface area (Å²) in [4.78, 5) is 26.7. The number of hydrogen-bond acceptors (Lipinski definition) is 11. The zero-order chi connectivity index (χ0) is 30.7. The zero-order valence-corrected chi connectivity index (χ0v) is 26.1. The number of hydrogen-bond donors (Lipinski definition) is 3. The molecule has 1 unspecified atom stereocenters. The monoisotopic (exact) mass is 623 g/mol. The van der Waals surface area contributed by atoms with Crippen molar-refractivity contribution in [2.45, 2.75) is 63.3 Å². The number of nitrogens with two attached hydrogens (primary N) is 1. The van der Waals surface area contributed by atoms with Gasteiger partial charge in [0.05, 0.1) is 20.0 Å². The van der Waals surface area contributed by atoms with Gasteiger partial charge in [-0.3, -0.25) is 14.4 Å². The summed E-state index contributed by atoms with van der Waals surface area (Å²) in [5.74, 6) is -0.0179. The van der Waals surface area contributed by atoms with Gasteiger partial charge in [-0.15, -0.1) is 0 Å². The molecule has 0 spiro atoms. The van der Waals surface area contributed by atoms with Crippen LogP contribution in [0.25, 0.3) is 11.2 Å². The molecule has 4 N–H and O–H groups in total. The minimum Gasteiger partial charge on any atom is -0.468 e. The number of carbonyl (C=O) groups is 1. The van der Waals surface area contributed by atoms with Crippen molar-refractivity contribution in [2.75, 3.05) is 44.6 Å². The van der Waals surface area contributed by atoms with E-state index in [4.69, 9.17) is 31.5 Å².